The quantitative estimate of drug-likeness (QED) is 0.169. The summed E-state index contributed by atoms with van der Waals surface area (Å²) in [5.41, 5.74) is 6.22. The summed E-state index contributed by atoms with van der Waals surface area (Å²) in [7, 11) is 0. The van der Waals surface area contributed by atoms with Crippen molar-refractivity contribution in [1.29, 1.82) is 0 Å². The fraction of sp³-hybridized carbons (Fsp3) is 0.122. The van der Waals surface area contributed by atoms with Crippen LogP contribution in [0.25, 0.3) is 66.1 Å². The minimum atomic E-state index is -4.84. The molecule has 0 N–H and O–H groups in total. The maximum Gasteiger partial charge on any atom is 0.417 e. The zero-order valence-corrected chi connectivity index (χ0v) is 26.6. The Bertz CT molecular complexity index is 2480. The van der Waals surface area contributed by atoms with Gasteiger partial charge in [-0.1, -0.05) is 48.5 Å². The van der Waals surface area contributed by atoms with Gasteiger partial charge in [0.25, 0.3) is 0 Å². The predicted molar refractivity (Wildman–Crippen MR) is 184 cm³/mol. The molecule has 8 aromatic rings. The van der Waals surface area contributed by atoms with Crippen LogP contribution in [-0.4, -0.2) is 9.13 Å². The molecule has 0 saturated heterocycles. The van der Waals surface area contributed by atoms with E-state index in [9.17, 15) is 8.78 Å². The zero-order valence-electron chi connectivity index (χ0n) is 26.6. The van der Waals surface area contributed by atoms with Crippen LogP contribution in [0.4, 0.5) is 22.0 Å². The molecule has 0 atom stereocenters. The molecule has 0 aliphatic rings. The second kappa shape index (κ2) is 10.5. The lowest BCUT2D eigenvalue weighted by molar-refractivity contribution is -0.137. The van der Waals surface area contributed by atoms with E-state index >= 15 is 13.2 Å². The van der Waals surface area contributed by atoms with Crippen molar-refractivity contribution in [3.05, 3.63) is 143 Å². The van der Waals surface area contributed by atoms with Gasteiger partial charge in [0.1, 0.15) is 11.6 Å². The molecule has 0 aliphatic carbocycles. The van der Waals surface area contributed by atoms with Crippen LogP contribution in [0.5, 0.6) is 0 Å². The Morgan fingerprint density at radius 1 is 0.438 bits per heavy atom. The number of nitrogens with zero attached hydrogens (tertiary/aromatic N) is 2. The van der Waals surface area contributed by atoms with Crippen LogP contribution in [0.2, 0.25) is 0 Å². The molecule has 0 bridgehead atoms. The third kappa shape index (κ3) is 4.67. The molecule has 8 rings (SSSR count). The summed E-state index contributed by atoms with van der Waals surface area (Å²) in [4.78, 5) is 0. The number of aryl methyl sites for hydroxylation is 4. The molecule has 2 aromatic heterocycles. The minimum absolute atomic E-state index is 0.199. The normalized spacial score (nSPS) is 12.3. The van der Waals surface area contributed by atoms with Gasteiger partial charge in [0.15, 0.2) is 0 Å². The standard InChI is InChI=1S/C41H29F5N2/c1-22-5-9-29-30-10-6-23(2)14-36(30)47(35(29)13-22)39-20-33(26-17-27(42)19-28(43)18-26)34(41(44,45)46)21-40(39)48-37-15-24(3)7-11-31(37)32-12-8-25(4)16-38(32)48/h5-21H,1-4H3. The van der Waals surface area contributed by atoms with Gasteiger partial charge < -0.3 is 9.13 Å². The molecule has 238 valence electrons. The van der Waals surface area contributed by atoms with Gasteiger partial charge in [-0.05, 0) is 110 Å². The van der Waals surface area contributed by atoms with E-state index in [1.54, 1.807) is 0 Å². The SMILES string of the molecule is Cc1ccc2c3ccc(C)cc3n(-c3cc(-c4cc(F)cc(F)c4)c(C(F)(F)F)cc3-n3c4cc(C)ccc4c4ccc(C)cc43)c2c1. The van der Waals surface area contributed by atoms with Gasteiger partial charge in [0, 0.05) is 27.6 Å². The molecule has 0 radical (unpaired) electrons. The van der Waals surface area contributed by atoms with E-state index in [0.29, 0.717) is 17.4 Å². The van der Waals surface area contributed by atoms with E-state index in [1.165, 1.54) is 6.07 Å². The molecule has 0 fully saturated rings. The highest BCUT2D eigenvalue weighted by Crippen LogP contribution is 2.45. The average molecular weight is 645 g/mol. The first-order valence-electron chi connectivity index (χ1n) is 15.6. The van der Waals surface area contributed by atoms with E-state index in [1.807, 2.05) is 110 Å². The second-order valence-corrected chi connectivity index (χ2v) is 12.8. The number of hydrogen-bond donors (Lipinski definition) is 0. The summed E-state index contributed by atoms with van der Waals surface area (Å²) in [6.45, 7) is 7.85. The second-order valence-electron chi connectivity index (χ2n) is 12.8. The Hall–Kier alpha value is -5.43. The average Bonchev–Trinajstić information content (AvgIpc) is 3.49. The van der Waals surface area contributed by atoms with E-state index in [0.717, 1.165) is 84.1 Å². The third-order valence-electron chi connectivity index (χ3n) is 9.23. The van der Waals surface area contributed by atoms with Gasteiger partial charge in [-0.15, -0.1) is 0 Å². The number of halogens is 5. The molecule has 2 heterocycles. The van der Waals surface area contributed by atoms with Crippen molar-refractivity contribution >= 4 is 43.6 Å². The Balaban J connectivity index is 1.63. The molecule has 0 saturated carbocycles. The van der Waals surface area contributed by atoms with Crippen molar-refractivity contribution in [2.24, 2.45) is 0 Å². The molecule has 0 amide bonds. The monoisotopic (exact) mass is 644 g/mol. The lowest BCUT2D eigenvalue weighted by atomic mass is 9.96. The van der Waals surface area contributed by atoms with Crippen LogP contribution in [0.3, 0.4) is 0 Å². The summed E-state index contributed by atoms with van der Waals surface area (Å²) in [6, 6.07) is 29.2. The summed E-state index contributed by atoms with van der Waals surface area (Å²) in [5, 5.41) is 3.68. The van der Waals surface area contributed by atoms with E-state index in [-0.39, 0.29) is 11.1 Å². The topological polar surface area (TPSA) is 9.86 Å². The Kier molecular flexibility index (Phi) is 6.57. The maximum absolute atomic E-state index is 15.2. The molecule has 48 heavy (non-hydrogen) atoms. The van der Waals surface area contributed by atoms with Gasteiger partial charge in [0.2, 0.25) is 0 Å². The summed E-state index contributed by atoms with van der Waals surface area (Å²) in [6.07, 6.45) is -4.84. The molecule has 0 spiro atoms. The number of hydrogen-bond acceptors (Lipinski definition) is 0. The summed E-state index contributed by atoms with van der Waals surface area (Å²) in [5.74, 6) is -1.92. The van der Waals surface area contributed by atoms with Crippen LogP contribution in [0.15, 0.2) is 103 Å². The molecule has 0 unspecified atom stereocenters. The lowest BCUT2D eigenvalue weighted by Crippen LogP contribution is -2.12. The van der Waals surface area contributed by atoms with Crippen LogP contribution < -0.4 is 0 Å². The number of alkyl halides is 3. The number of aromatic nitrogens is 2. The highest BCUT2D eigenvalue weighted by Gasteiger charge is 2.36. The highest BCUT2D eigenvalue weighted by atomic mass is 19.4. The number of fused-ring (bicyclic) bond motifs is 6. The smallest absolute Gasteiger partial charge is 0.307 e. The minimum Gasteiger partial charge on any atom is -0.307 e. The molecular formula is C41H29F5N2. The Morgan fingerprint density at radius 3 is 1.15 bits per heavy atom. The first-order valence-corrected chi connectivity index (χ1v) is 15.6. The Morgan fingerprint density at radius 2 is 0.792 bits per heavy atom. The molecule has 7 heteroatoms. The van der Waals surface area contributed by atoms with Crippen molar-refractivity contribution in [2.75, 3.05) is 0 Å². The molecule has 2 nitrogen and oxygen atoms in total. The van der Waals surface area contributed by atoms with Crippen molar-refractivity contribution < 1.29 is 22.0 Å². The van der Waals surface area contributed by atoms with Crippen LogP contribution >= 0.6 is 0 Å². The van der Waals surface area contributed by atoms with Gasteiger partial charge in [0.05, 0.1) is 39.0 Å². The largest absolute Gasteiger partial charge is 0.417 e. The van der Waals surface area contributed by atoms with E-state index in [2.05, 4.69) is 0 Å². The first-order chi connectivity index (χ1) is 22.9. The third-order valence-corrected chi connectivity index (χ3v) is 9.23. The zero-order chi connectivity index (χ0) is 33.6. The van der Waals surface area contributed by atoms with Gasteiger partial charge >= 0.3 is 6.18 Å². The van der Waals surface area contributed by atoms with E-state index < -0.39 is 23.4 Å². The van der Waals surface area contributed by atoms with Crippen LogP contribution in [0.1, 0.15) is 27.8 Å². The van der Waals surface area contributed by atoms with E-state index in [4.69, 9.17) is 0 Å². The maximum atomic E-state index is 15.2. The lowest BCUT2D eigenvalue weighted by Gasteiger charge is -2.22. The van der Waals surface area contributed by atoms with Crippen molar-refractivity contribution in [2.45, 2.75) is 33.9 Å². The first kappa shape index (κ1) is 29.9. The number of rotatable bonds is 3. The van der Waals surface area contributed by atoms with Gasteiger partial charge in [-0.2, -0.15) is 13.2 Å². The van der Waals surface area contributed by atoms with Gasteiger partial charge in [-0.25, -0.2) is 8.78 Å². The summed E-state index contributed by atoms with van der Waals surface area (Å²) < 4.78 is 78.7. The number of benzene rings is 6. The van der Waals surface area contributed by atoms with Crippen molar-refractivity contribution in [1.82, 2.24) is 9.13 Å². The van der Waals surface area contributed by atoms with Gasteiger partial charge in [-0.3, -0.25) is 0 Å². The van der Waals surface area contributed by atoms with Crippen LogP contribution in [0, 0.1) is 39.3 Å². The highest BCUT2D eigenvalue weighted by molar-refractivity contribution is 6.12. The van der Waals surface area contributed by atoms with Crippen molar-refractivity contribution in [3.63, 3.8) is 0 Å². The molecule has 0 aliphatic heterocycles. The molecular weight excluding hydrogens is 615 g/mol. The van der Waals surface area contributed by atoms with Crippen LogP contribution in [-0.2, 0) is 6.18 Å². The summed E-state index contributed by atoms with van der Waals surface area (Å²) >= 11 is 0. The molecule has 6 aromatic carbocycles. The fourth-order valence-electron chi connectivity index (χ4n) is 7.11. The van der Waals surface area contributed by atoms with Crippen molar-refractivity contribution in [3.8, 4) is 22.5 Å². The Labute approximate surface area is 273 Å². The fourth-order valence-corrected chi connectivity index (χ4v) is 7.11. The predicted octanol–water partition coefficient (Wildman–Crippen LogP) is 12.1.